The van der Waals surface area contributed by atoms with E-state index in [9.17, 15) is 4.79 Å². The van der Waals surface area contributed by atoms with Crippen LogP contribution in [0.15, 0.2) is 0 Å². The van der Waals surface area contributed by atoms with Crippen molar-refractivity contribution >= 4 is 17.7 Å². The van der Waals surface area contributed by atoms with E-state index < -0.39 is 0 Å². The molecule has 0 bridgehead atoms. The first-order valence-electron chi connectivity index (χ1n) is 5.18. The molecule has 0 aromatic carbocycles. The van der Waals surface area contributed by atoms with Crippen LogP contribution < -0.4 is 10.6 Å². The highest BCUT2D eigenvalue weighted by atomic mass is 32.2. The van der Waals surface area contributed by atoms with E-state index in [1.807, 2.05) is 11.8 Å². The topological polar surface area (TPSA) is 41.1 Å². The van der Waals surface area contributed by atoms with Crippen molar-refractivity contribution in [2.75, 3.05) is 25.9 Å². The van der Waals surface area contributed by atoms with E-state index in [0.29, 0.717) is 17.8 Å². The molecule has 1 aliphatic rings. The smallest absolute Gasteiger partial charge is 0.234 e. The molecular weight excluding hydrogens is 208 g/mol. The highest BCUT2D eigenvalue weighted by molar-refractivity contribution is 8.00. The number of hydrogen-bond donors (Lipinski definition) is 2. The van der Waals surface area contributed by atoms with Crippen LogP contribution >= 0.6 is 11.8 Å². The standard InChI is InChI=1S/C11H18N2OS/c1-3-7-12-8-10(14)13-9-11(15-2)5-4-6-11/h1,12H,4-9H2,2H3,(H,13,14). The second-order valence-electron chi connectivity index (χ2n) is 3.83. The third-order valence-electron chi connectivity index (χ3n) is 2.82. The molecule has 0 heterocycles. The molecule has 0 radical (unpaired) electrons. The number of carbonyl (C=O) groups excluding carboxylic acids is 1. The van der Waals surface area contributed by atoms with Crippen molar-refractivity contribution in [2.45, 2.75) is 24.0 Å². The van der Waals surface area contributed by atoms with Crippen molar-refractivity contribution in [3.63, 3.8) is 0 Å². The van der Waals surface area contributed by atoms with Crippen LogP contribution in [0.25, 0.3) is 0 Å². The predicted molar refractivity (Wildman–Crippen MR) is 64.8 cm³/mol. The van der Waals surface area contributed by atoms with Gasteiger partial charge >= 0.3 is 0 Å². The van der Waals surface area contributed by atoms with E-state index >= 15 is 0 Å². The Bertz CT molecular complexity index is 250. The van der Waals surface area contributed by atoms with Gasteiger partial charge in [-0.25, -0.2) is 0 Å². The molecule has 0 unspecified atom stereocenters. The Hall–Kier alpha value is -0.660. The number of rotatable bonds is 6. The zero-order valence-electron chi connectivity index (χ0n) is 9.14. The SMILES string of the molecule is C#CCNCC(=O)NCC1(SC)CCC1. The predicted octanol–water partition coefficient (Wildman–Crippen LogP) is 0.611. The summed E-state index contributed by atoms with van der Waals surface area (Å²) in [4.78, 5) is 11.4. The van der Waals surface area contributed by atoms with Crippen molar-refractivity contribution < 1.29 is 4.79 Å². The van der Waals surface area contributed by atoms with E-state index in [2.05, 4.69) is 22.8 Å². The number of thioether (sulfide) groups is 1. The summed E-state index contributed by atoms with van der Waals surface area (Å²) in [5, 5.41) is 5.81. The van der Waals surface area contributed by atoms with Gasteiger partial charge in [-0.1, -0.05) is 12.3 Å². The zero-order valence-corrected chi connectivity index (χ0v) is 9.95. The first-order valence-corrected chi connectivity index (χ1v) is 6.41. The number of hydrogen-bond acceptors (Lipinski definition) is 3. The van der Waals surface area contributed by atoms with Gasteiger partial charge in [0.15, 0.2) is 0 Å². The third kappa shape index (κ3) is 3.77. The first kappa shape index (κ1) is 12.4. The minimum Gasteiger partial charge on any atom is -0.354 e. The Balaban J connectivity index is 2.13. The summed E-state index contributed by atoms with van der Waals surface area (Å²) in [5.41, 5.74) is 0. The maximum atomic E-state index is 11.4. The van der Waals surface area contributed by atoms with Crippen LogP contribution in [-0.4, -0.2) is 36.5 Å². The lowest BCUT2D eigenvalue weighted by Crippen LogP contribution is -2.47. The molecule has 1 aliphatic carbocycles. The van der Waals surface area contributed by atoms with Gasteiger partial charge in [0.2, 0.25) is 5.91 Å². The second kappa shape index (κ2) is 6.04. The van der Waals surface area contributed by atoms with Crippen molar-refractivity contribution in [1.29, 1.82) is 0 Å². The van der Waals surface area contributed by atoms with Gasteiger partial charge in [0.1, 0.15) is 0 Å². The average Bonchev–Trinajstić information content (AvgIpc) is 2.17. The maximum Gasteiger partial charge on any atom is 0.234 e. The van der Waals surface area contributed by atoms with E-state index in [4.69, 9.17) is 6.42 Å². The fourth-order valence-electron chi connectivity index (χ4n) is 1.59. The number of terminal acetylenes is 1. The molecular formula is C11H18N2OS. The van der Waals surface area contributed by atoms with Crippen LogP contribution in [0, 0.1) is 12.3 Å². The molecule has 84 valence electrons. The summed E-state index contributed by atoms with van der Waals surface area (Å²) in [6.07, 6.45) is 10.9. The lowest BCUT2D eigenvalue weighted by atomic mass is 9.84. The van der Waals surface area contributed by atoms with E-state index in [-0.39, 0.29) is 5.91 Å². The van der Waals surface area contributed by atoms with Crippen LogP contribution in [-0.2, 0) is 4.79 Å². The Labute approximate surface area is 95.8 Å². The van der Waals surface area contributed by atoms with Crippen molar-refractivity contribution in [3.05, 3.63) is 0 Å². The Kier molecular flexibility index (Phi) is 5.00. The monoisotopic (exact) mass is 226 g/mol. The highest BCUT2D eigenvalue weighted by Gasteiger charge is 2.36. The van der Waals surface area contributed by atoms with Crippen LogP contribution in [0.1, 0.15) is 19.3 Å². The second-order valence-corrected chi connectivity index (χ2v) is 5.10. The molecule has 0 atom stereocenters. The molecule has 0 spiro atoms. The summed E-state index contributed by atoms with van der Waals surface area (Å²) < 4.78 is 0.307. The molecule has 1 saturated carbocycles. The van der Waals surface area contributed by atoms with Gasteiger partial charge in [0.05, 0.1) is 13.1 Å². The van der Waals surface area contributed by atoms with Crippen LogP contribution in [0.5, 0.6) is 0 Å². The van der Waals surface area contributed by atoms with E-state index in [1.54, 1.807) is 0 Å². The Morgan fingerprint density at radius 3 is 2.80 bits per heavy atom. The van der Waals surface area contributed by atoms with Gasteiger partial charge in [-0.15, -0.1) is 6.42 Å². The maximum absolute atomic E-state index is 11.4. The fraction of sp³-hybridized carbons (Fsp3) is 0.727. The van der Waals surface area contributed by atoms with Gasteiger partial charge in [-0.05, 0) is 19.1 Å². The molecule has 4 heteroatoms. The average molecular weight is 226 g/mol. The molecule has 2 N–H and O–H groups in total. The minimum absolute atomic E-state index is 0.0329. The van der Waals surface area contributed by atoms with Crippen molar-refractivity contribution in [1.82, 2.24) is 10.6 Å². The lowest BCUT2D eigenvalue weighted by Gasteiger charge is -2.40. The molecule has 1 amide bonds. The number of nitrogens with one attached hydrogen (secondary N) is 2. The van der Waals surface area contributed by atoms with Crippen LogP contribution in [0.3, 0.4) is 0 Å². The summed E-state index contributed by atoms with van der Waals surface area (Å²) in [7, 11) is 0. The van der Waals surface area contributed by atoms with E-state index in [1.165, 1.54) is 19.3 Å². The first-order chi connectivity index (χ1) is 7.22. The summed E-state index contributed by atoms with van der Waals surface area (Å²) >= 11 is 1.86. The molecule has 0 aromatic rings. The number of carbonyl (C=O) groups is 1. The molecule has 1 fully saturated rings. The van der Waals surface area contributed by atoms with Crippen LogP contribution in [0.2, 0.25) is 0 Å². The van der Waals surface area contributed by atoms with Crippen molar-refractivity contribution in [2.24, 2.45) is 0 Å². The third-order valence-corrected chi connectivity index (χ3v) is 4.24. The van der Waals surface area contributed by atoms with Crippen LogP contribution in [0.4, 0.5) is 0 Å². The number of amides is 1. The van der Waals surface area contributed by atoms with Gasteiger partial charge in [-0.3, -0.25) is 10.1 Å². The molecule has 0 aromatic heterocycles. The molecule has 3 nitrogen and oxygen atoms in total. The van der Waals surface area contributed by atoms with Gasteiger partial charge in [0.25, 0.3) is 0 Å². The minimum atomic E-state index is 0.0329. The van der Waals surface area contributed by atoms with E-state index in [0.717, 1.165) is 6.54 Å². The summed E-state index contributed by atoms with van der Waals surface area (Å²) in [6.45, 7) is 1.54. The largest absolute Gasteiger partial charge is 0.354 e. The molecule has 15 heavy (non-hydrogen) atoms. The Morgan fingerprint density at radius 2 is 2.33 bits per heavy atom. The van der Waals surface area contributed by atoms with Gasteiger partial charge in [-0.2, -0.15) is 11.8 Å². The van der Waals surface area contributed by atoms with Crippen molar-refractivity contribution in [3.8, 4) is 12.3 Å². The fourth-order valence-corrected chi connectivity index (χ4v) is 2.51. The quantitative estimate of drug-likeness (QED) is 0.515. The normalized spacial score (nSPS) is 17.6. The lowest BCUT2D eigenvalue weighted by molar-refractivity contribution is -0.120. The summed E-state index contributed by atoms with van der Waals surface area (Å²) in [6, 6.07) is 0. The zero-order chi connectivity index (χ0) is 11.1. The Morgan fingerprint density at radius 1 is 1.60 bits per heavy atom. The van der Waals surface area contributed by atoms with Gasteiger partial charge in [0, 0.05) is 11.3 Å². The molecule has 1 rings (SSSR count). The van der Waals surface area contributed by atoms with Gasteiger partial charge < -0.3 is 5.32 Å². The molecule has 0 saturated heterocycles. The summed E-state index contributed by atoms with van der Waals surface area (Å²) in [5.74, 6) is 2.47. The highest BCUT2D eigenvalue weighted by Crippen LogP contribution is 2.42. The molecule has 0 aliphatic heterocycles.